The summed E-state index contributed by atoms with van der Waals surface area (Å²) in [6, 6.07) is 0.449. The van der Waals surface area contributed by atoms with Crippen LogP contribution in [0.5, 0.6) is 0 Å². The lowest BCUT2D eigenvalue weighted by Crippen LogP contribution is -2.42. The predicted molar refractivity (Wildman–Crippen MR) is 104 cm³/mol. The fourth-order valence-corrected chi connectivity index (χ4v) is 2.68. The molecule has 0 amide bonds. The molecule has 1 saturated carbocycles. The van der Waals surface area contributed by atoms with Gasteiger partial charge in [-0.3, -0.25) is 4.99 Å². The van der Waals surface area contributed by atoms with Gasteiger partial charge in [0.2, 0.25) is 0 Å². The Kier molecular flexibility index (Phi) is 11.9. The maximum atomic E-state index is 5.66. The molecule has 1 rings (SSSR count). The smallest absolute Gasteiger partial charge is 0.191 e. The van der Waals surface area contributed by atoms with E-state index >= 15 is 0 Å². The first-order valence-electron chi connectivity index (χ1n) is 10.0. The summed E-state index contributed by atoms with van der Waals surface area (Å²) in [5.74, 6) is 1.79. The van der Waals surface area contributed by atoms with Crippen LogP contribution in [0, 0.1) is 5.92 Å². The van der Waals surface area contributed by atoms with Crippen molar-refractivity contribution in [2.75, 3.05) is 45.9 Å². The maximum absolute atomic E-state index is 5.66. The van der Waals surface area contributed by atoms with E-state index in [1.165, 1.54) is 32.2 Å². The number of hydrogen-bond donors (Lipinski definition) is 2. The standard InChI is InChI=1S/C19H40N4O/c1-5-20-19(21-13-9-15-24-16-18-11-12-18)22-17(4)10-8-14-23(6-2)7-3/h17-18H,5-16H2,1-4H3,(H2,20,21,22). The third kappa shape index (κ3) is 10.9. The number of nitrogens with one attached hydrogen (secondary N) is 2. The van der Waals surface area contributed by atoms with E-state index in [0.717, 1.165) is 57.7 Å². The monoisotopic (exact) mass is 340 g/mol. The Bertz CT molecular complexity index is 327. The number of guanidine groups is 1. The van der Waals surface area contributed by atoms with Crippen LogP contribution in [0.2, 0.25) is 0 Å². The van der Waals surface area contributed by atoms with Gasteiger partial charge >= 0.3 is 0 Å². The molecule has 0 bridgehead atoms. The van der Waals surface area contributed by atoms with Crippen LogP contribution in [0.1, 0.15) is 59.8 Å². The number of rotatable bonds is 14. The van der Waals surface area contributed by atoms with Crippen molar-refractivity contribution in [2.24, 2.45) is 10.9 Å². The van der Waals surface area contributed by atoms with Crippen LogP contribution in [-0.2, 0) is 4.74 Å². The van der Waals surface area contributed by atoms with Gasteiger partial charge in [0.1, 0.15) is 0 Å². The molecule has 0 heterocycles. The van der Waals surface area contributed by atoms with Gasteiger partial charge in [-0.2, -0.15) is 0 Å². The topological polar surface area (TPSA) is 48.9 Å². The lowest BCUT2D eigenvalue weighted by Gasteiger charge is -2.21. The minimum Gasteiger partial charge on any atom is -0.381 e. The SMILES string of the molecule is CCNC(=NCCCOCC1CC1)NC(C)CCCN(CC)CC. The highest BCUT2D eigenvalue weighted by atomic mass is 16.5. The lowest BCUT2D eigenvalue weighted by molar-refractivity contribution is 0.123. The molecule has 24 heavy (non-hydrogen) atoms. The second-order valence-electron chi connectivity index (χ2n) is 6.85. The van der Waals surface area contributed by atoms with Crippen LogP contribution in [0.25, 0.3) is 0 Å². The van der Waals surface area contributed by atoms with E-state index in [9.17, 15) is 0 Å². The molecule has 1 aliphatic carbocycles. The van der Waals surface area contributed by atoms with Gasteiger partial charge in [0.25, 0.3) is 0 Å². The first-order valence-corrected chi connectivity index (χ1v) is 10.0. The van der Waals surface area contributed by atoms with E-state index in [-0.39, 0.29) is 0 Å². The summed E-state index contributed by atoms with van der Waals surface area (Å²) in [4.78, 5) is 7.15. The molecule has 1 unspecified atom stereocenters. The largest absolute Gasteiger partial charge is 0.381 e. The minimum absolute atomic E-state index is 0.449. The van der Waals surface area contributed by atoms with Gasteiger partial charge < -0.3 is 20.3 Å². The summed E-state index contributed by atoms with van der Waals surface area (Å²) in [6.07, 6.45) is 6.12. The average Bonchev–Trinajstić information content (AvgIpc) is 3.39. The minimum atomic E-state index is 0.449. The van der Waals surface area contributed by atoms with E-state index in [2.05, 4.69) is 48.2 Å². The summed E-state index contributed by atoms with van der Waals surface area (Å²) in [5.41, 5.74) is 0. The van der Waals surface area contributed by atoms with Crippen LogP contribution >= 0.6 is 0 Å². The summed E-state index contributed by atoms with van der Waals surface area (Å²) in [5, 5.41) is 6.87. The third-order valence-electron chi connectivity index (χ3n) is 4.50. The fourth-order valence-electron chi connectivity index (χ4n) is 2.68. The highest BCUT2D eigenvalue weighted by Gasteiger charge is 2.20. The molecular formula is C19H40N4O. The molecular weight excluding hydrogens is 300 g/mol. The summed E-state index contributed by atoms with van der Waals surface area (Å²) >= 11 is 0. The van der Waals surface area contributed by atoms with Crippen molar-refractivity contribution in [3.63, 3.8) is 0 Å². The second-order valence-corrected chi connectivity index (χ2v) is 6.85. The molecule has 0 aromatic heterocycles. The van der Waals surface area contributed by atoms with Crippen LogP contribution in [0.4, 0.5) is 0 Å². The van der Waals surface area contributed by atoms with Gasteiger partial charge in [-0.25, -0.2) is 0 Å². The number of ether oxygens (including phenoxy) is 1. The molecule has 1 aliphatic rings. The Morgan fingerprint density at radius 1 is 1.21 bits per heavy atom. The Labute approximate surface area is 149 Å². The first kappa shape index (κ1) is 21.2. The van der Waals surface area contributed by atoms with Gasteiger partial charge in [-0.15, -0.1) is 0 Å². The van der Waals surface area contributed by atoms with Crippen LogP contribution < -0.4 is 10.6 Å². The van der Waals surface area contributed by atoms with Gasteiger partial charge in [0.05, 0.1) is 0 Å². The number of aliphatic imine (C=N–C) groups is 1. The zero-order chi connectivity index (χ0) is 17.6. The van der Waals surface area contributed by atoms with Crippen molar-refractivity contribution in [3.05, 3.63) is 0 Å². The van der Waals surface area contributed by atoms with Gasteiger partial charge in [-0.1, -0.05) is 13.8 Å². The zero-order valence-electron chi connectivity index (χ0n) is 16.4. The average molecular weight is 341 g/mol. The summed E-state index contributed by atoms with van der Waals surface area (Å²) in [6.45, 7) is 15.8. The van der Waals surface area contributed by atoms with Crippen molar-refractivity contribution >= 4 is 5.96 Å². The molecule has 0 spiro atoms. The quantitative estimate of drug-likeness (QED) is 0.290. The van der Waals surface area contributed by atoms with Crippen molar-refractivity contribution < 1.29 is 4.74 Å². The van der Waals surface area contributed by atoms with Crippen LogP contribution in [0.3, 0.4) is 0 Å². The molecule has 5 nitrogen and oxygen atoms in total. The van der Waals surface area contributed by atoms with Crippen molar-refractivity contribution in [1.29, 1.82) is 0 Å². The van der Waals surface area contributed by atoms with Crippen LogP contribution in [-0.4, -0.2) is 62.8 Å². The molecule has 142 valence electrons. The fraction of sp³-hybridized carbons (Fsp3) is 0.947. The summed E-state index contributed by atoms with van der Waals surface area (Å²) < 4.78 is 5.66. The van der Waals surface area contributed by atoms with Crippen molar-refractivity contribution in [2.45, 2.75) is 65.8 Å². The number of nitrogens with zero attached hydrogens (tertiary/aromatic N) is 2. The van der Waals surface area contributed by atoms with E-state index in [4.69, 9.17) is 4.74 Å². The van der Waals surface area contributed by atoms with Gasteiger partial charge in [0.15, 0.2) is 5.96 Å². The molecule has 1 fully saturated rings. The zero-order valence-corrected chi connectivity index (χ0v) is 16.4. The Hall–Kier alpha value is -0.810. The van der Waals surface area contributed by atoms with E-state index in [1.54, 1.807) is 0 Å². The van der Waals surface area contributed by atoms with Crippen molar-refractivity contribution in [1.82, 2.24) is 15.5 Å². The normalized spacial score (nSPS) is 16.5. The van der Waals surface area contributed by atoms with E-state index in [1.807, 2.05) is 0 Å². The van der Waals surface area contributed by atoms with E-state index in [0.29, 0.717) is 6.04 Å². The highest BCUT2D eigenvalue weighted by Crippen LogP contribution is 2.28. The third-order valence-corrected chi connectivity index (χ3v) is 4.50. The van der Waals surface area contributed by atoms with Crippen LogP contribution in [0.15, 0.2) is 4.99 Å². The molecule has 0 aromatic rings. The molecule has 0 aromatic carbocycles. The molecule has 0 radical (unpaired) electrons. The van der Waals surface area contributed by atoms with E-state index < -0.39 is 0 Å². The van der Waals surface area contributed by atoms with Gasteiger partial charge in [-0.05, 0) is 71.5 Å². The lowest BCUT2D eigenvalue weighted by atomic mass is 10.2. The number of hydrogen-bond acceptors (Lipinski definition) is 3. The van der Waals surface area contributed by atoms with Crippen molar-refractivity contribution in [3.8, 4) is 0 Å². The molecule has 2 N–H and O–H groups in total. The molecule has 0 aliphatic heterocycles. The Morgan fingerprint density at radius 3 is 2.58 bits per heavy atom. The Balaban J connectivity index is 2.15. The highest BCUT2D eigenvalue weighted by molar-refractivity contribution is 5.79. The Morgan fingerprint density at radius 2 is 1.96 bits per heavy atom. The second kappa shape index (κ2) is 13.5. The first-order chi connectivity index (χ1) is 11.7. The molecule has 1 atom stereocenters. The molecule has 0 saturated heterocycles. The molecule has 5 heteroatoms. The van der Waals surface area contributed by atoms with Gasteiger partial charge in [0, 0.05) is 32.3 Å². The summed E-state index contributed by atoms with van der Waals surface area (Å²) in [7, 11) is 0. The maximum Gasteiger partial charge on any atom is 0.191 e. The predicted octanol–water partition coefficient (Wildman–Crippen LogP) is 2.87.